The molecule has 0 aliphatic carbocycles. The van der Waals surface area contributed by atoms with E-state index in [1.807, 2.05) is 13.8 Å². The normalized spacial score (nSPS) is 37.2. The van der Waals surface area contributed by atoms with Crippen LogP contribution >= 0.6 is 12.4 Å². The van der Waals surface area contributed by atoms with Crippen molar-refractivity contribution in [1.82, 2.24) is 5.32 Å². The topological polar surface area (TPSA) is 52.5 Å². The lowest BCUT2D eigenvalue weighted by atomic mass is 9.99. The Morgan fingerprint density at radius 2 is 1.90 bits per heavy atom. The molecule has 1 aliphatic heterocycles. The molecule has 0 spiro atoms. The summed E-state index contributed by atoms with van der Waals surface area (Å²) in [6.45, 7) is 4.23. The summed E-state index contributed by atoms with van der Waals surface area (Å²) in [5, 5.41) is 21.2. The predicted octanol–water partition coefficient (Wildman–Crippen LogP) is -0.488. The van der Waals surface area contributed by atoms with Crippen molar-refractivity contribution < 1.29 is 10.2 Å². The van der Waals surface area contributed by atoms with Crippen LogP contribution in [0.1, 0.15) is 13.8 Å². The molecule has 1 rings (SSSR count). The van der Waals surface area contributed by atoms with E-state index in [4.69, 9.17) is 5.11 Å². The second-order valence-corrected chi connectivity index (χ2v) is 3.11. The van der Waals surface area contributed by atoms with E-state index in [2.05, 4.69) is 5.32 Å². The zero-order valence-electron chi connectivity index (χ0n) is 6.16. The van der Waals surface area contributed by atoms with Crippen molar-refractivity contribution in [3.05, 3.63) is 0 Å². The van der Waals surface area contributed by atoms with E-state index in [9.17, 15) is 5.11 Å². The van der Waals surface area contributed by atoms with Crippen LogP contribution in [0.3, 0.4) is 0 Å². The van der Waals surface area contributed by atoms with Gasteiger partial charge in [0.05, 0.1) is 12.2 Å². The monoisotopic (exact) mass is 167 g/mol. The summed E-state index contributed by atoms with van der Waals surface area (Å²) in [5.74, 6) is 0. The van der Waals surface area contributed by atoms with Crippen molar-refractivity contribution in [2.45, 2.75) is 31.6 Å². The molecule has 1 aliphatic rings. The molecule has 4 heteroatoms. The van der Waals surface area contributed by atoms with Gasteiger partial charge in [0.2, 0.25) is 0 Å². The number of halogens is 1. The minimum absolute atomic E-state index is 0. The van der Waals surface area contributed by atoms with Crippen molar-refractivity contribution in [3.8, 4) is 0 Å². The van der Waals surface area contributed by atoms with Gasteiger partial charge >= 0.3 is 0 Å². The molecule has 1 fully saturated rings. The second-order valence-electron chi connectivity index (χ2n) is 3.11. The molecule has 1 heterocycles. The highest BCUT2D eigenvalue weighted by atomic mass is 35.5. The van der Waals surface area contributed by atoms with E-state index in [0.717, 1.165) is 0 Å². The van der Waals surface area contributed by atoms with E-state index in [-0.39, 0.29) is 17.9 Å². The van der Waals surface area contributed by atoms with E-state index in [1.54, 1.807) is 0 Å². The zero-order valence-corrected chi connectivity index (χ0v) is 6.98. The molecule has 1 saturated heterocycles. The lowest BCUT2D eigenvalue weighted by Crippen LogP contribution is -2.42. The lowest BCUT2D eigenvalue weighted by Gasteiger charge is -2.22. The molecule has 2 unspecified atom stereocenters. The van der Waals surface area contributed by atoms with Gasteiger partial charge < -0.3 is 15.5 Å². The molecule has 0 aromatic carbocycles. The highest BCUT2D eigenvalue weighted by Gasteiger charge is 2.39. The molecular weight excluding hydrogens is 154 g/mol. The van der Waals surface area contributed by atoms with Gasteiger partial charge in [0.25, 0.3) is 0 Å². The maximum atomic E-state index is 9.21. The van der Waals surface area contributed by atoms with Crippen molar-refractivity contribution in [2.24, 2.45) is 0 Å². The SMILES string of the molecule is CC1(C)NCC(O)C1O.Cl. The first-order valence-electron chi connectivity index (χ1n) is 3.15. The summed E-state index contributed by atoms with van der Waals surface area (Å²) in [6.07, 6.45) is -1.22. The maximum Gasteiger partial charge on any atom is 0.0987 e. The lowest BCUT2D eigenvalue weighted by molar-refractivity contribution is 0.0210. The molecule has 2 atom stereocenters. The molecule has 3 N–H and O–H groups in total. The minimum Gasteiger partial charge on any atom is -0.389 e. The molecule has 0 aromatic heterocycles. The van der Waals surface area contributed by atoms with Crippen LogP contribution in [0.4, 0.5) is 0 Å². The number of rotatable bonds is 0. The minimum atomic E-state index is -0.627. The first-order chi connectivity index (χ1) is 4.04. The zero-order chi connectivity index (χ0) is 7.07. The van der Waals surface area contributed by atoms with Gasteiger partial charge in [0.1, 0.15) is 0 Å². The van der Waals surface area contributed by atoms with Gasteiger partial charge in [-0.05, 0) is 13.8 Å². The van der Waals surface area contributed by atoms with Crippen molar-refractivity contribution in [1.29, 1.82) is 0 Å². The van der Waals surface area contributed by atoms with Crippen LogP contribution in [-0.2, 0) is 0 Å². The third kappa shape index (κ3) is 1.61. The fourth-order valence-electron chi connectivity index (χ4n) is 1.06. The Bertz CT molecular complexity index is 118. The Kier molecular flexibility index (Phi) is 3.10. The van der Waals surface area contributed by atoms with Crippen LogP contribution in [0.25, 0.3) is 0 Å². The Morgan fingerprint density at radius 3 is 2.00 bits per heavy atom. The van der Waals surface area contributed by atoms with Crippen LogP contribution in [0.15, 0.2) is 0 Å². The Hall–Kier alpha value is 0.170. The fraction of sp³-hybridized carbons (Fsp3) is 1.00. The van der Waals surface area contributed by atoms with Gasteiger partial charge in [-0.1, -0.05) is 0 Å². The summed E-state index contributed by atoms with van der Waals surface area (Å²) in [4.78, 5) is 0. The van der Waals surface area contributed by atoms with Gasteiger partial charge in [-0.3, -0.25) is 0 Å². The highest BCUT2D eigenvalue weighted by Crippen LogP contribution is 2.18. The third-order valence-electron chi connectivity index (χ3n) is 1.87. The van der Waals surface area contributed by atoms with Crippen molar-refractivity contribution in [2.75, 3.05) is 6.54 Å². The number of β-amino-alcohol motifs (C(OH)–C–C–N with tert-alkyl or cyclic N) is 1. The molecule has 0 amide bonds. The number of hydrogen-bond acceptors (Lipinski definition) is 3. The molecule has 0 radical (unpaired) electrons. The van der Waals surface area contributed by atoms with E-state index < -0.39 is 12.2 Å². The van der Waals surface area contributed by atoms with Gasteiger partial charge in [-0.2, -0.15) is 0 Å². The van der Waals surface area contributed by atoms with Gasteiger partial charge in [0, 0.05) is 12.1 Å². The third-order valence-corrected chi connectivity index (χ3v) is 1.87. The van der Waals surface area contributed by atoms with Gasteiger partial charge in [-0.25, -0.2) is 0 Å². The highest BCUT2D eigenvalue weighted by molar-refractivity contribution is 5.85. The quantitative estimate of drug-likeness (QED) is 0.457. The van der Waals surface area contributed by atoms with Crippen LogP contribution in [-0.4, -0.2) is 34.5 Å². The van der Waals surface area contributed by atoms with Gasteiger partial charge in [-0.15, -0.1) is 12.4 Å². The first kappa shape index (κ1) is 10.2. The maximum absolute atomic E-state index is 9.21. The van der Waals surface area contributed by atoms with Crippen LogP contribution in [0.5, 0.6) is 0 Å². The second kappa shape index (κ2) is 3.05. The predicted molar refractivity (Wildman–Crippen MR) is 41.3 cm³/mol. The Balaban J connectivity index is 0.000000810. The number of aliphatic hydroxyl groups excluding tert-OH is 2. The average molecular weight is 168 g/mol. The van der Waals surface area contributed by atoms with Crippen molar-refractivity contribution >= 4 is 12.4 Å². The van der Waals surface area contributed by atoms with E-state index in [0.29, 0.717) is 6.54 Å². The molecular formula is C6H14ClNO2. The standard InChI is InChI=1S/C6H13NO2.ClH/c1-6(2)5(9)4(8)3-7-6;/h4-5,7-9H,3H2,1-2H3;1H. The Labute approximate surface area is 66.8 Å². The molecule has 0 bridgehead atoms. The molecule has 10 heavy (non-hydrogen) atoms. The summed E-state index contributed by atoms with van der Waals surface area (Å²) in [6, 6.07) is 0. The molecule has 3 nitrogen and oxygen atoms in total. The van der Waals surface area contributed by atoms with Crippen LogP contribution in [0.2, 0.25) is 0 Å². The van der Waals surface area contributed by atoms with Gasteiger partial charge in [0.15, 0.2) is 0 Å². The van der Waals surface area contributed by atoms with Crippen LogP contribution in [0, 0.1) is 0 Å². The van der Waals surface area contributed by atoms with E-state index >= 15 is 0 Å². The van der Waals surface area contributed by atoms with E-state index in [1.165, 1.54) is 0 Å². The number of nitrogens with one attached hydrogen (secondary N) is 1. The molecule has 0 aromatic rings. The summed E-state index contributed by atoms with van der Waals surface area (Å²) in [5.41, 5.74) is -0.320. The largest absolute Gasteiger partial charge is 0.389 e. The average Bonchev–Trinajstić information content (AvgIpc) is 1.97. The van der Waals surface area contributed by atoms with Crippen molar-refractivity contribution in [3.63, 3.8) is 0 Å². The smallest absolute Gasteiger partial charge is 0.0987 e. The first-order valence-corrected chi connectivity index (χ1v) is 3.15. The summed E-state index contributed by atoms with van der Waals surface area (Å²) in [7, 11) is 0. The fourth-order valence-corrected chi connectivity index (χ4v) is 1.06. The number of hydrogen-bond donors (Lipinski definition) is 3. The summed E-state index contributed by atoms with van der Waals surface area (Å²) >= 11 is 0. The Morgan fingerprint density at radius 1 is 1.40 bits per heavy atom. The number of aliphatic hydroxyl groups is 2. The summed E-state index contributed by atoms with van der Waals surface area (Å²) < 4.78 is 0. The van der Waals surface area contributed by atoms with Crippen LogP contribution < -0.4 is 5.32 Å². The molecule has 62 valence electrons. The molecule has 0 saturated carbocycles.